The first kappa shape index (κ1) is 20.1. The van der Waals surface area contributed by atoms with E-state index in [9.17, 15) is 18.0 Å². The molecule has 0 radical (unpaired) electrons. The van der Waals surface area contributed by atoms with E-state index in [2.05, 4.69) is 20.0 Å². The smallest absolute Gasteiger partial charge is 0.353 e. The van der Waals surface area contributed by atoms with Crippen molar-refractivity contribution in [3.63, 3.8) is 0 Å². The standard InChI is InChI=1S/C18H23F3N6O/c1-12(2)17-22-13(3)10-15(23-17)25-6-8-26(9-7-25)16(28)11-27-5-4-14(24-27)18(19,20)21/h4-5,10,12H,6-9,11H2,1-3H3. The Hall–Kier alpha value is -2.65. The maximum absolute atomic E-state index is 12.6. The lowest BCUT2D eigenvalue weighted by atomic mass is 10.2. The van der Waals surface area contributed by atoms with Gasteiger partial charge in [-0.2, -0.15) is 18.3 Å². The highest BCUT2D eigenvalue weighted by Crippen LogP contribution is 2.27. The third-order valence-corrected chi connectivity index (χ3v) is 4.56. The fraction of sp³-hybridized carbons (Fsp3) is 0.556. The van der Waals surface area contributed by atoms with E-state index in [0.29, 0.717) is 26.2 Å². The summed E-state index contributed by atoms with van der Waals surface area (Å²) in [5.74, 6) is 1.59. The molecule has 3 heterocycles. The maximum atomic E-state index is 12.6. The third kappa shape index (κ3) is 4.60. The number of carbonyl (C=O) groups is 1. The van der Waals surface area contributed by atoms with E-state index in [1.807, 2.05) is 26.8 Å². The van der Waals surface area contributed by atoms with Crippen LogP contribution in [-0.4, -0.2) is 56.7 Å². The number of halogens is 3. The van der Waals surface area contributed by atoms with E-state index < -0.39 is 11.9 Å². The predicted molar refractivity (Wildman–Crippen MR) is 96.9 cm³/mol. The number of aromatic nitrogens is 4. The number of alkyl halides is 3. The highest BCUT2D eigenvalue weighted by Gasteiger charge is 2.34. The van der Waals surface area contributed by atoms with Crippen molar-refractivity contribution in [2.24, 2.45) is 0 Å². The van der Waals surface area contributed by atoms with Crippen LogP contribution in [0.4, 0.5) is 19.0 Å². The molecule has 0 atom stereocenters. The first-order valence-electron chi connectivity index (χ1n) is 9.12. The highest BCUT2D eigenvalue weighted by atomic mass is 19.4. The summed E-state index contributed by atoms with van der Waals surface area (Å²) >= 11 is 0. The van der Waals surface area contributed by atoms with Crippen LogP contribution in [0.5, 0.6) is 0 Å². The minimum atomic E-state index is -4.51. The Balaban J connectivity index is 1.59. The van der Waals surface area contributed by atoms with Gasteiger partial charge in [-0.1, -0.05) is 13.8 Å². The van der Waals surface area contributed by atoms with Crippen molar-refractivity contribution in [3.8, 4) is 0 Å². The SMILES string of the molecule is Cc1cc(N2CCN(C(=O)Cn3ccc(C(F)(F)F)n3)CC2)nc(C(C)C)n1. The van der Waals surface area contributed by atoms with E-state index >= 15 is 0 Å². The number of nitrogens with zero attached hydrogens (tertiary/aromatic N) is 6. The van der Waals surface area contributed by atoms with Gasteiger partial charge in [0.2, 0.25) is 5.91 Å². The highest BCUT2D eigenvalue weighted by molar-refractivity contribution is 5.76. The summed E-state index contributed by atoms with van der Waals surface area (Å²) in [5.41, 5.74) is -0.100. The fourth-order valence-electron chi connectivity index (χ4n) is 3.02. The van der Waals surface area contributed by atoms with Crippen LogP contribution < -0.4 is 4.90 Å². The summed E-state index contributed by atoms with van der Waals surface area (Å²) in [7, 11) is 0. The van der Waals surface area contributed by atoms with E-state index in [4.69, 9.17) is 0 Å². The van der Waals surface area contributed by atoms with Crippen LogP contribution >= 0.6 is 0 Å². The molecule has 1 aliphatic rings. The second-order valence-corrected chi connectivity index (χ2v) is 7.14. The monoisotopic (exact) mass is 396 g/mol. The Kier molecular flexibility index (Phi) is 5.57. The number of hydrogen-bond acceptors (Lipinski definition) is 5. The maximum Gasteiger partial charge on any atom is 0.435 e. The van der Waals surface area contributed by atoms with Crippen molar-refractivity contribution in [2.45, 2.75) is 39.4 Å². The Bertz CT molecular complexity index is 840. The zero-order chi connectivity index (χ0) is 20.5. The minimum Gasteiger partial charge on any atom is -0.353 e. The van der Waals surface area contributed by atoms with Gasteiger partial charge in [-0.05, 0) is 13.0 Å². The number of carbonyl (C=O) groups excluding carboxylic acids is 1. The summed E-state index contributed by atoms with van der Waals surface area (Å²) in [6.07, 6.45) is -3.33. The molecule has 0 saturated carbocycles. The van der Waals surface area contributed by atoms with Crippen molar-refractivity contribution >= 4 is 11.7 Å². The summed E-state index contributed by atoms with van der Waals surface area (Å²) in [6.45, 7) is 7.96. The van der Waals surface area contributed by atoms with E-state index in [1.54, 1.807) is 4.90 Å². The molecule has 0 N–H and O–H groups in total. The van der Waals surface area contributed by atoms with Crippen LogP contribution in [0.1, 0.15) is 37.0 Å². The Morgan fingerprint density at radius 2 is 1.86 bits per heavy atom. The van der Waals surface area contributed by atoms with Gasteiger partial charge in [-0.25, -0.2) is 9.97 Å². The Labute approximate surface area is 161 Å². The quantitative estimate of drug-likeness (QED) is 0.794. The molecule has 1 saturated heterocycles. The van der Waals surface area contributed by atoms with Crippen molar-refractivity contribution in [1.82, 2.24) is 24.6 Å². The zero-order valence-electron chi connectivity index (χ0n) is 16.1. The van der Waals surface area contributed by atoms with E-state index in [-0.39, 0.29) is 18.4 Å². The van der Waals surface area contributed by atoms with Crippen LogP contribution in [0.2, 0.25) is 0 Å². The summed E-state index contributed by atoms with van der Waals surface area (Å²) in [5, 5.41) is 3.43. The van der Waals surface area contributed by atoms with Crippen molar-refractivity contribution < 1.29 is 18.0 Å². The molecule has 0 unspecified atom stereocenters. The lowest BCUT2D eigenvalue weighted by Crippen LogP contribution is -2.50. The van der Waals surface area contributed by atoms with Gasteiger partial charge in [-0.3, -0.25) is 9.48 Å². The molecular weight excluding hydrogens is 373 g/mol. The van der Waals surface area contributed by atoms with Gasteiger partial charge in [0.05, 0.1) is 0 Å². The molecule has 152 valence electrons. The van der Waals surface area contributed by atoms with Crippen molar-refractivity contribution in [1.29, 1.82) is 0 Å². The number of anilines is 1. The molecule has 1 fully saturated rings. The number of piperazine rings is 1. The first-order valence-corrected chi connectivity index (χ1v) is 9.12. The molecule has 0 spiro atoms. The molecular formula is C18H23F3N6O. The van der Waals surface area contributed by atoms with Gasteiger partial charge >= 0.3 is 6.18 Å². The molecule has 1 aliphatic heterocycles. The molecule has 7 nitrogen and oxygen atoms in total. The molecule has 0 aromatic carbocycles. The molecule has 0 bridgehead atoms. The van der Waals surface area contributed by atoms with Crippen LogP contribution in [0, 0.1) is 6.92 Å². The van der Waals surface area contributed by atoms with E-state index in [1.165, 1.54) is 6.20 Å². The zero-order valence-corrected chi connectivity index (χ0v) is 16.1. The molecule has 2 aromatic rings. The van der Waals surface area contributed by atoms with Gasteiger partial charge in [0.15, 0.2) is 5.69 Å². The minimum absolute atomic E-state index is 0.208. The lowest BCUT2D eigenvalue weighted by molar-refractivity contribution is -0.142. The predicted octanol–water partition coefficient (Wildman–Crippen LogP) is 2.47. The van der Waals surface area contributed by atoms with Gasteiger partial charge in [0.1, 0.15) is 18.2 Å². The first-order chi connectivity index (χ1) is 13.1. The summed E-state index contributed by atoms with van der Waals surface area (Å²) in [4.78, 5) is 25.2. The van der Waals surface area contributed by atoms with Gasteiger partial charge in [0, 0.05) is 50.1 Å². The molecule has 0 aliphatic carbocycles. The van der Waals surface area contributed by atoms with E-state index in [0.717, 1.165) is 28.1 Å². The average Bonchev–Trinajstić information content (AvgIpc) is 3.10. The molecule has 3 rings (SSSR count). The van der Waals surface area contributed by atoms with Crippen LogP contribution in [0.25, 0.3) is 0 Å². The third-order valence-electron chi connectivity index (χ3n) is 4.56. The van der Waals surface area contributed by atoms with Crippen LogP contribution in [0.3, 0.4) is 0 Å². The largest absolute Gasteiger partial charge is 0.435 e. The van der Waals surface area contributed by atoms with Gasteiger partial charge in [0.25, 0.3) is 0 Å². The van der Waals surface area contributed by atoms with Crippen LogP contribution in [0.15, 0.2) is 18.3 Å². The fourth-order valence-corrected chi connectivity index (χ4v) is 3.02. The number of amides is 1. The van der Waals surface area contributed by atoms with Crippen molar-refractivity contribution in [2.75, 3.05) is 31.1 Å². The summed E-state index contributed by atoms with van der Waals surface area (Å²) in [6, 6.07) is 2.79. The Morgan fingerprint density at radius 1 is 1.18 bits per heavy atom. The second kappa shape index (κ2) is 7.76. The number of rotatable bonds is 4. The normalized spacial score (nSPS) is 15.4. The summed E-state index contributed by atoms with van der Waals surface area (Å²) < 4.78 is 38.9. The number of aryl methyl sites for hydroxylation is 1. The second-order valence-electron chi connectivity index (χ2n) is 7.14. The van der Waals surface area contributed by atoms with Gasteiger partial charge < -0.3 is 9.80 Å². The van der Waals surface area contributed by atoms with Crippen LogP contribution in [-0.2, 0) is 17.5 Å². The molecule has 10 heteroatoms. The van der Waals surface area contributed by atoms with Gasteiger partial charge in [-0.15, -0.1) is 0 Å². The topological polar surface area (TPSA) is 67.2 Å². The number of hydrogen-bond donors (Lipinski definition) is 0. The molecule has 28 heavy (non-hydrogen) atoms. The Morgan fingerprint density at radius 3 is 2.43 bits per heavy atom. The molecule has 2 aromatic heterocycles. The lowest BCUT2D eigenvalue weighted by Gasteiger charge is -2.35. The van der Waals surface area contributed by atoms with Crippen molar-refractivity contribution in [3.05, 3.63) is 35.5 Å². The average molecular weight is 396 g/mol. The molecule has 1 amide bonds.